The first-order valence-corrected chi connectivity index (χ1v) is 6.31. The lowest BCUT2D eigenvalue weighted by Gasteiger charge is -2.26. The van der Waals surface area contributed by atoms with E-state index in [1.807, 2.05) is 19.9 Å². The minimum absolute atomic E-state index is 0.0745. The number of amides is 1. The molecule has 0 saturated carbocycles. The van der Waals surface area contributed by atoms with Gasteiger partial charge in [-0.05, 0) is 26.3 Å². The molecule has 0 atom stereocenters. The van der Waals surface area contributed by atoms with E-state index < -0.39 is 4.92 Å². The maximum atomic E-state index is 12.5. The molecule has 0 unspecified atom stereocenters. The average Bonchev–Trinajstić information content (AvgIpc) is 2.38. The van der Waals surface area contributed by atoms with Crippen molar-refractivity contribution in [1.82, 2.24) is 4.90 Å². The summed E-state index contributed by atoms with van der Waals surface area (Å²) in [6.07, 6.45) is 0.234. The van der Waals surface area contributed by atoms with Crippen molar-refractivity contribution < 1.29 is 9.72 Å². The Morgan fingerprint density at radius 1 is 1.50 bits per heavy atom. The monoisotopic (exact) mass is 275 g/mol. The van der Waals surface area contributed by atoms with Crippen molar-refractivity contribution in [2.45, 2.75) is 33.2 Å². The minimum Gasteiger partial charge on any atom is -0.335 e. The van der Waals surface area contributed by atoms with Crippen LogP contribution in [0.3, 0.4) is 0 Å². The second-order valence-electron chi connectivity index (χ2n) is 4.76. The van der Waals surface area contributed by atoms with Crippen molar-refractivity contribution in [2.24, 2.45) is 0 Å². The summed E-state index contributed by atoms with van der Waals surface area (Å²) in [5.41, 5.74) is 0.886. The van der Waals surface area contributed by atoms with Gasteiger partial charge >= 0.3 is 0 Å². The lowest BCUT2D eigenvalue weighted by molar-refractivity contribution is -0.384. The molecule has 0 bridgehead atoms. The predicted octanol–water partition coefficient (Wildman–Crippen LogP) is 2.67. The maximum Gasteiger partial charge on any atom is 0.270 e. The Bertz CT molecular complexity index is 561. The molecule has 6 heteroatoms. The Labute approximate surface area is 117 Å². The Kier molecular flexibility index (Phi) is 5.21. The molecule has 0 N–H and O–H groups in total. The zero-order valence-corrected chi connectivity index (χ0v) is 11.8. The van der Waals surface area contributed by atoms with Gasteiger partial charge in [-0.3, -0.25) is 14.9 Å². The fourth-order valence-corrected chi connectivity index (χ4v) is 1.87. The first kappa shape index (κ1) is 15.6. The molecule has 1 rings (SSSR count). The number of rotatable bonds is 5. The Balaban J connectivity index is 3.14. The number of nitrogens with zero attached hydrogens (tertiary/aromatic N) is 3. The van der Waals surface area contributed by atoms with Gasteiger partial charge < -0.3 is 4.90 Å². The molecular weight excluding hydrogens is 258 g/mol. The second kappa shape index (κ2) is 6.66. The lowest BCUT2D eigenvalue weighted by Crippen LogP contribution is -2.38. The summed E-state index contributed by atoms with van der Waals surface area (Å²) in [6, 6.07) is 6.16. The second-order valence-corrected chi connectivity index (χ2v) is 4.76. The van der Waals surface area contributed by atoms with Crippen molar-refractivity contribution >= 4 is 11.6 Å². The van der Waals surface area contributed by atoms with E-state index in [2.05, 4.69) is 0 Å². The number of benzene rings is 1. The molecule has 6 nitrogen and oxygen atoms in total. The molecule has 0 aromatic heterocycles. The van der Waals surface area contributed by atoms with Crippen LogP contribution < -0.4 is 0 Å². The summed E-state index contributed by atoms with van der Waals surface area (Å²) in [4.78, 5) is 24.3. The van der Waals surface area contributed by atoms with E-state index in [1.54, 1.807) is 17.9 Å². The van der Waals surface area contributed by atoms with Crippen LogP contribution in [0.2, 0.25) is 0 Å². The van der Waals surface area contributed by atoms with Gasteiger partial charge in [-0.2, -0.15) is 5.26 Å². The van der Waals surface area contributed by atoms with Crippen LogP contribution in [0.15, 0.2) is 18.2 Å². The number of non-ortho nitro benzene ring substituents is 1. The highest BCUT2D eigenvalue weighted by Crippen LogP contribution is 2.20. The van der Waals surface area contributed by atoms with Gasteiger partial charge in [0, 0.05) is 30.3 Å². The van der Waals surface area contributed by atoms with Crippen LogP contribution in [0.1, 0.15) is 36.2 Å². The van der Waals surface area contributed by atoms with Crippen LogP contribution in [0, 0.1) is 28.4 Å². The summed E-state index contributed by atoms with van der Waals surface area (Å²) in [7, 11) is 0. The van der Waals surface area contributed by atoms with Gasteiger partial charge in [0.05, 0.1) is 17.4 Å². The molecule has 1 amide bonds. The molecule has 0 fully saturated rings. The Hall–Kier alpha value is -2.42. The Morgan fingerprint density at radius 3 is 2.65 bits per heavy atom. The highest BCUT2D eigenvalue weighted by Gasteiger charge is 2.22. The van der Waals surface area contributed by atoms with Gasteiger partial charge in [-0.1, -0.05) is 6.07 Å². The number of aryl methyl sites for hydroxylation is 1. The number of nitro benzene ring substituents is 1. The van der Waals surface area contributed by atoms with Crippen LogP contribution in [0.4, 0.5) is 5.69 Å². The number of nitro groups is 1. The summed E-state index contributed by atoms with van der Waals surface area (Å²) in [6.45, 7) is 5.75. The molecule has 0 heterocycles. The topological polar surface area (TPSA) is 87.2 Å². The van der Waals surface area contributed by atoms with Crippen molar-refractivity contribution in [2.75, 3.05) is 6.54 Å². The largest absolute Gasteiger partial charge is 0.335 e. The highest BCUT2D eigenvalue weighted by atomic mass is 16.6. The molecule has 0 aliphatic carbocycles. The third kappa shape index (κ3) is 3.54. The normalized spacial score (nSPS) is 10.2. The third-order valence-corrected chi connectivity index (χ3v) is 3.01. The molecule has 1 aromatic rings. The fraction of sp³-hybridized carbons (Fsp3) is 0.429. The molecule has 0 aliphatic heterocycles. The van der Waals surface area contributed by atoms with E-state index in [1.165, 1.54) is 12.1 Å². The van der Waals surface area contributed by atoms with Gasteiger partial charge in [-0.25, -0.2) is 0 Å². The average molecular weight is 275 g/mol. The van der Waals surface area contributed by atoms with Crippen molar-refractivity contribution in [3.8, 4) is 6.07 Å². The summed E-state index contributed by atoms with van der Waals surface area (Å²) >= 11 is 0. The van der Waals surface area contributed by atoms with Crippen molar-refractivity contribution in [3.63, 3.8) is 0 Å². The van der Waals surface area contributed by atoms with Crippen LogP contribution in [0.5, 0.6) is 0 Å². The molecule has 20 heavy (non-hydrogen) atoms. The third-order valence-electron chi connectivity index (χ3n) is 3.01. The van der Waals surface area contributed by atoms with E-state index in [4.69, 9.17) is 5.26 Å². The van der Waals surface area contributed by atoms with E-state index in [9.17, 15) is 14.9 Å². The predicted molar refractivity (Wildman–Crippen MR) is 74.2 cm³/mol. The number of hydrogen-bond donors (Lipinski definition) is 0. The van der Waals surface area contributed by atoms with Gasteiger partial charge in [0.25, 0.3) is 11.6 Å². The van der Waals surface area contributed by atoms with E-state index in [0.717, 1.165) is 0 Å². The summed E-state index contributed by atoms with van der Waals surface area (Å²) in [5, 5.41) is 19.4. The van der Waals surface area contributed by atoms with Gasteiger partial charge in [0.15, 0.2) is 0 Å². The molecule has 0 radical (unpaired) electrons. The van der Waals surface area contributed by atoms with Crippen molar-refractivity contribution in [1.29, 1.82) is 5.26 Å². The number of hydrogen-bond acceptors (Lipinski definition) is 4. The Morgan fingerprint density at radius 2 is 2.15 bits per heavy atom. The number of carbonyl (C=O) groups is 1. The lowest BCUT2D eigenvalue weighted by atomic mass is 10.1. The molecule has 0 aliphatic rings. The number of nitriles is 1. The quantitative estimate of drug-likeness (QED) is 0.610. The zero-order chi connectivity index (χ0) is 15.3. The summed E-state index contributed by atoms with van der Waals surface area (Å²) < 4.78 is 0. The van der Waals surface area contributed by atoms with Gasteiger partial charge in [0.2, 0.25) is 0 Å². The van der Waals surface area contributed by atoms with Gasteiger partial charge in [-0.15, -0.1) is 0 Å². The SMILES string of the molecule is Cc1ccc([N+](=O)[O-])cc1C(=O)N(CCC#N)C(C)C. The van der Waals surface area contributed by atoms with E-state index >= 15 is 0 Å². The minimum atomic E-state index is -0.523. The molecule has 106 valence electrons. The smallest absolute Gasteiger partial charge is 0.270 e. The maximum absolute atomic E-state index is 12.5. The zero-order valence-electron chi connectivity index (χ0n) is 11.8. The fourth-order valence-electron chi connectivity index (χ4n) is 1.87. The van der Waals surface area contributed by atoms with Crippen LogP contribution >= 0.6 is 0 Å². The molecular formula is C14H17N3O3. The molecule has 1 aromatic carbocycles. The van der Waals surface area contributed by atoms with Crippen LogP contribution in [-0.4, -0.2) is 28.3 Å². The van der Waals surface area contributed by atoms with Gasteiger partial charge in [0.1, 0.15) is 0 Å². The van der Waals surface area contributed by atoms with E-state index in [0.29, 0.717) is 17.7 Å². The van der Waals surface area contributed by atoms with Crippen LogP contribution in [-0.2, 0) is 0 Å². The van der Waals surface area contributed by atoms with Crippen LogP contribution in [0.25, 0.3) is 0 Å². The highest BCUT2D eigenvalue weighted by molar-refractivity contribution is 5.96. The number of carbonyl (C=O) groups excluding carboxylic acids is 1. The standard InChI is InChI=1S/C14H17N3O3/c1-10(2)16(8-4-7-15)14(18)13-9-12(17(19)20)6-5-11(13)3/h5-6,9-10H,4,8H2,1-3H3. The molecule has 0 saturated heterocycles. The summed E-state index contributed by atoms with van der Waals surface area (Å²) in [5.74, 6) is -0.281. The first-order chi connectivity index (χ1) is 9.38. The first-order valence-electron chi connectivity index (χ1n) is 6.31. The van der Waals surface area contributed by atoms with E-state index in [-0.39, 0.29) is 24.1 Å². The van der Waals surface area contributed by atoms with Crippen molar-refractivity contribution in [3.05, 3.63) is 39.4 Å². The molecule has 0 spiro atoms.